The number of carbonyl (C=O) groups is 2. The van der Waals surface area contributed by atoms with E-state index >= 15 is 0 Å². The standard InChI is InChI=1S/C37H38N6O6/c1-3-47-26-18-32(42(20-26)36(44)45)34-38-28-14-12-23(16-30(28)40-34)10-11-24-13-15-29-31(17-24)41-35(39-29)33-19-27(48-4-2)21-43(33)37(46)49-22-25-8-6-5-7-9-25/h5-9,12-17,26-27,32-33H,3-4,18-22H2,1-2H3,(H,38,40)(H,39,41)(H,44,45)/t26-,27-,32+,33+/m1/s1. The van der Waals surface area contributed by atoms with Crippen LogP contribution in [0.15, 0.2) is 66.7 Å². The lowest BCUT2D eigenvalue weighted by Crippen LogP contribution is -2.33. The van der Waals surface area contributed by atoms with Gasteiger partial charge in [-0.1, -0.05) is 42.2 Å². The number of likely N-dealkylation sites (tertiary alicyclic amines) is 2. The van der Waals surface area contributed by atoms with Gasteiger partial charge in [-0.2, -0.15) is 0 Å². The van der Waals surface area contributed by atoms with E-state index < -0.39 is 18.2 Å². The Morgan fingerprint density at radius 2 is 1.41 bits per heavy atom. The predicted octanol–water partition coefficient (Wildman–Crippen LogP) is 6.16. The van der Waals surface area contributed by atoms with Crippen molar-refractivity contribution in [2.45, 2.75) is 57.6 Å². The van der Waals surface area contributed by atoms with Gasteiger partial charge in [-0.15, -0.1) is 0 Å². The lowest BCUT2D eigenvalue weighted by molar-refractivity contribution is 0.0610. The number of aromatic nitrogens is 4. The summed E-state index contributed by atoms with van der Waals surface area (Å²) in [6, 6.07) is 20.4. The Morgan fingerprint density at radius 1 is 0.796 bits per heavy atom. The van der Waals surface area contributed by atoms with Gasteiger partial charge in [0.2, 0.25) is 0 Å². The van der Waals surface area contributed by atoms with Gasteiger partial charge in [-0.25, -0.2) is 19.6 Å². The fraction of sp³-hybridized carbons (Fsp3) is 0.351. The molecule has 3 aromatic carbocycles. The van der Waals surface area contributed by atoms with Crippen molar-refractivity contribution in [2.75, 3.05) is 26.3 Å². The average molecular weight is 663 g/mol. The van der Waals surface area contributed by atoms with E-state index in [4.69, 9.17) is 24.2 Å². The average Bonchev–Trinajstić information content (AvgIpc) is 3.91. The molecule has 0 unspecified atom stereocenters. The molecule has 252 valence electrons. The number of H-pyrrole nitrogens is 2. The van der Waals surface area contributed by atoms with Crippen LogP contribution in [0.25, 0.3) is 22.1 Å². The number of imidazole rings is 2. The number of carbonyl (C=O) groups excluding carboxylic acids is 1. The molecule has 0 bridgehead atoms. The van der Waals surface area contributed by atoms with Crippen LogP contribution in [0, 0.1) is 11.8 Å². The van der Waals surface area contributed by atoms with Crippen LogP contribution in [0.5, 0.6) is 0 Å². The summed E-state index contributed by atoms with van der Waals surface area (Å²) in [4.78, 5) is 44.5. The van der Waals surface area contributed by atoms with Crippen LogP contribution in [-0.4, -0.2) is 85.5 Å². The quantitative estimate of drug-likeness (QED) is 0.168. The molecule has 0 radical (unpaired) electrons. The van der Waals surface area contributed by atoms with Crippen molar-refractivity contribution < 1.29 is 28.9 Å². The molecule has 7 rings (SSSR count). The highest BCUT2D eigenvalue weighted by Gasteiger charge is 2.40. The maximum Gasteiger partial charge on any atom is 0.410 e. The van der Waals surface area contributed by atoms with Gasteiger partial charge in [0.1, 0.15) is 18.3 Å². The number of rotatable bonds is 8. The molecule has 49 heavy (non-hydrogen) atoms. The molecule has 0 spiro atoms. The summed E-state index contributed by atoms with van der Waals surface area (Å²) in [5, 5.41) is 9.75. The zero-order valence-electron chi connectivity index (χ0n) is 27.4. The second-order valence-electron chi connectivity index (χ2n) is 12.2. The fourth-order valence-corrected chi connectivity index (χ4v) is 6.71. The SMILES string of the molecule is CCO[C@@H]1C[C@@H](c2nc3cc(C#Cc4ccc5nc([C@@H]6C[C@@H](OCC)CN6C(=O)OCc6ccccc6)[nH]c5c4)ccc3[nH]2)N(C(=O)O)C1. The smallest absolute Gasteiger partial charge is 0.410 e. The first-order chi connectivity index (χ1) is 23.9. The zero-order chi connectivity index (χ0) is 33.9. The molecule has 5 aromatic rings. The zero-order valence-corrected chi connectivity index (χ0v) is 27.4. The van der Waals surface area contributed by atoms with Gasteiger partial charge in [0.05, 0.1) is 59.4 Å². The maximum atomic E-state index is 13.2. The van der Waals surface area contributed by atoms with Crippen LogP contribution < -0.4 is 0 Å². The largest absolute Gasteiger partial charge is 0.465 e. The summed E-state index contributed by atoms with van der Waals surface area (Å²) in [5.41, 5.74) is 5.62. The number of hydrogen-bond donors (Lipinski definition) is 3. The molecule has 0 saturated carbocycles. The van der Waals surface area contributed by atoms with Gasteiger partial charge < -0.3 is 29.3 Å². The monoisotopic (exact) mass is 662 g/mol. The minimum atomic E-state index is -0.989. The second-order valence-corrected chi connectivity index (χ2v) is 12.2. The molecule has 2 aromatic heterocycles. The second kappa shape index (κ2) is 14.0. The van der Waals surface area contributed by atoms with Crippen molar-refractivity contribution in [1.29, 1.82) is 0 Å². The number of amides is 2. The number of hydrogen-bond acceptors (Lipinski definition) is 7. The molecule has 2 saturated heterocycles. The molecule has 4 heterocycles. The maximum absolute atomic E-state index is 13.2. The summed E-state index contributed by atoms with van der Waals surface area (Å²) < 4.78 is 17.3. The third kappa shape index (κ3) is 6.95. The lowest BCUT2D eigenvalue weighted by atomic mass is 10.1. The van der Waals surface area contributed by atoms with Crippen LogP contribution in [0.1, 0.15) is 67.1 Å². The number of carboxylic acid groups (broad SMARTS) is 1. The van der Waals surface area contributed by atoms with E-state index in [1.54, 1.807) is 4.90 Å². The molecule has 2 aliphatic rings. The molecular weight excluding hydrogens is 624 g/mol. The molecule has 2 amide bonds. The Balaban J connectivity index is 1.08. The van der Waals surface area contributed by atoms with Gasteiger partial charge in [-0.3, -0.25) is 9.80 Å². The number of fused-ring (bicyclic) bond motifs is 2. The van der Waals surface area contributed by atoms with Crippen LogP contribution in [0.4, 0.5) is 9.59 Å². The number of nitrogens with one attached hydrogen (secondary N) is 2. The van der Waals surface area contributed by atoms with Crippen LogP contribution in [-0.2, 0) is 20.8 Å². The fourth-order valence-electron chi connectivity index (χ4n) is 6.71. The summed E-state index contributed by atoms with van der Waals surface area (Å²) >= 11 is 0. The highest BCUT2D eigenvalue weighted by molar-refractivity contribution is 5.79. The van der Waals surface area contributed by atoms with E-state index in [2.05, 4.69) is 21.8 Å². The highest BCUT2D eigenvalue weighted by Crippen LogP contribution is 2.35. The molecule has 12 heteroatoms. The van der Waals surface area contributed by atoms with Gasteiger partial charge >= 0.3 is 12.2 Å². The lowest BCUT2D eigenvalue weighted by Gasteiger charge is -2.22. The topological polar surface area (TPSA) is 146 Å². The first-order valence-electron chi connectivity index (χ1n) is 16.6. The number of aromatic amines is 2. The van der Waals surface area contributed by atoms with Crippen molar-refractivity contribution in [3.63, 3.8) is 0 Å². The van der Waals surface area contributed by atoms with Crippen molar-refractivity contribution >= 4 is 34.3 Å². The van der Waals surface area contributed by atoms with E-state index in [0.29, 0.717) is 50.8 Å². The predicted molar refractivity (Wildman–Crippen MR) is 182 cm³/mol. The molecule has 0 aliphatic carbocycles. The highest BCUT2D eigenvalue weighted by atomic mass is 16.6. The Labute approximate surface area is 283 Å². The van der Waals surface area contributed by atoms with Crippen molar-refractivity contribution in [3.8, 4) is 11.8 Å². The Hall–Kier alpha value is -5.38. The molecule has 3 N–H and O–H groups in total. The summed E-state index contributed by atoms with van der Waals surface area (Å²) in [5.74, 6) is 7.75. The molecule has 12 nitrogen and oxygen atoms in total. The molecule has 4 atom stereocenters. The minimum Gasteiger partial charge on any atom is -0.465 e. The van der Waals surface area contributed by atoms with E-state index in [-0.39, 0.29) is 24.9 Å². The number of nitrogens with zero attached hydrogens (tertiary/aromatic N) is 4. The van der Waals surface area contributed by atoms with Crippen molar-refractivity contribution in [1.82, 2.24) is 29.7 Å². The van der Waals surface area contributed by atoms with E-state index in [0.717, 1.165) is 38.8 Å². The third-order valence-electron chi connectivity index (χ3n) is 9.00. The van der Waals surface area contributed by atoms with Crippen molar-refractivity contribution in [2.24, 2.45) is 0 Å². The van der Waals surface area contributed by atoms with Crippen LogP contribution in [0.2, 0.25) is 0 Å². The van der Waals surface area contributed by atoms with E-state index in [1.807, 2.05) is 80.6 Å². The number of ether oxygens (including phenoxy) is 3. The molecule has 2 aliphatic heterocycles. The van der Waals surface area contributed by atoms with Crippen LogP contribution >= 0.6 is 0 Å². The van der Waals surface area contributed by atoms with Gasteiger partial charge in [0.25, 0.3) is 0 Å². The molecular formula is C37H38N6O6. The van der Waals surface area contributed by atoms with E-state index in [9.17, 15) is 14.7 Å². The van der Waals surface area contributed by atoms with Crippen LogP contribution in [0.3, 0.4) is 0 Å². The first-order valence-corrected chi connectivity index (χ1v) is 16.6. The minimum absolute atomic E-state index is 0.113. The van der Waals surface area contributed by atoms with Crippen molar-refractivity contribution in [3.05, 3.63) is 95.1 Å². The number of benzene rings is 3. The van der Waals surface area contributed by atoms with E-state index in [1.165, 1.54) is 4.90 Å². The Morgan fingerprint density at radius 3 is 2.10 bits per heavy atom. The molecule has 2 fully saturated rings. The van der Waals surface area contributed by atoms with Gasteiger partial charge in [-0.05, 0) is 55.8 Å². The Kier molecular flexibility index (Phi) is 9.19. The van der Waals surface area contributed by atoms with Gasteiger partial charge in [0.15, 0.2) is 0 Å². The normalized spacial score (nSPS) is 20.5. The van der Waals surface area contributed by atoms with Gasteiger partial charge in [0, 0.05) is 37.2 Å². The summed E-state index contributed by atoms with van der Waals surface area (Å²) in [7, 11) is 0. The third-order valence-corrected chi connectivity index (χ3v) is 9.00. The first kappa shape index (κ1) is 32.2. The Bertz CT molecular complexity index is 2030. The summed E-state index contributed by atoms with van der Waals surface area (Å²) in [6.45, 7) is 5.87. The summed E-state index contributed by atoms with van der Waals surface area (Å²) in [6.07, 6.45) is -0.499.